The molecule has 18 heavy (non-hydrogen) atoms. The molecule has 7 heteroatoms. The molecule has 0 unspecified atom stereocenters. The van der Waals surface area contributed by atoms with Crippen LogP contribution in [0, 0.1) is 28.3 Å². The van der Waals surface area contributed by atoms with Crippen LogP contribution in [0.1, 0.15) is 0 Å². The first-order valence-corrected chi connectivity index (χ1v) is 4.92. The summed E-state index contributed by atoms with van der Waals surface area (Å²) in [5.41, 5.74) is -0.561. The van der Waals surface area contributed by atoms with Gasteiger partial charge in [0, 0.05) is 12.1 Å². The Kier molecular flexibility index (Phi) is 4.78. The summed E-state index contributed by atoms with van der Waals surface area (Å²) in [6.45, 7) is 0.0799. The second-order valence-corrected chi connectivity index (χ2v) is 3.27. The molecule has 0 radical (unpaired) electrons. The van der Waals surface area contributed by atoms with E-state index in [9.17, 15) is 19.3 Å². The molecule has 0 spiro atoms. The largest absolute Gasteiger partial charge is 0.319 e. The second-order valence-electron chi connectivity index (χ2n) is 3.27. The molecule has 0 aliphatic heterocycles. The quantitative estimate of drug-likeness (QED) is 0.352. The minimum Gasteiger partial charge on any atom is -0.319 e. The van der Waals surface area contributed by atoms with Crippen LogP contribution in [0.3, 0.4) is 0 Å². The predicted molar refractivity (Wildman–Crippen MR) is 63.4 cm³/mol. The van der Waals surface area contributed by atoms with Crippen molar-refractivity contribution in [3.05, 3.63) is 34.1 Å². The van der Waals surface area contributed by atoms with Crippen LogP contribution < -0.4 is 10.6 Å². The lowest BCUT2D eigenvalue weighted by Crippen LogP contribution is -2.28. The number of nitro groups is 1. The smallest absolute Gasteiger partial charge is 0.292 e. The van der Waals surface area contributed by atoms with Crippen molar-refractivity contribution in [2.45, 2.75) is 0 Å². The van der Waals surface area contributed by atoms with Crippen molar-refractivity contribution >= 4 is 17.3 Å². The lowest BCUT2D eigenvalue weighted by molar-refractivity contribution is -0.384. The maximum atomic E-state index is 13.0. The molecule has 1 rings (SSSR count). The highest BCUT2D eigenvalue weighted by Crippen LogP contribution is 2.24. The van der Waals surface area contributed by atoms with Crippen molar-refractivity contribution < 1.29 is 14.1 Å². The van der Waals surface area contributed by atoms with Crippen molar-refractivity contribution in [2.24, 2.45) is 0 Å². The van der Waals surface area contributed by atoms with Crippen molar-refractivity contribution in [1.82, 2.24) is 5.32 Å². The van der Waals surface area contributed by atoms with Crippen molar-refractivity contribution in [3.63, 3.8) is 0 Å². The molecule has 0 aliphatic rings. The number of anilines is 1. The summed E-state index contributed by atoms with van der Waals surface area (Å²) >= 11 is 0. The van der Waals surface area contributed by atoms with Crippen LogP contribution in [0.4, 0.5) is 15.8 Å². The van der Waals surface area contributed by atoms with Gasteiger partial charge in [-0.15, -0.1) is 6.42 Å². The van der Waals surface area contributed by atoms with Gasteiger partial charge in [-0.3, -0.25) is 20.2 Å². The molecule has 0 saturated carbocycles. The van der Waals surface area contributed by atoms with Gasteiger partial charge in [0.2, 0.25) is 5.91 Å². The third-order valence-corrected chi connectivity index (χ3v) is 1.94. The maximum absolute atomic E-state index is 13.0. The average molecular weight is 251 g/mol. The van der Waals surface area contributed by atoms with Gasteiger partial charge < -0.3 is 5.32 Å². The van der Waals surface area contributed by atoms with E-state index in [0.717, 1.165) is 18.2 Å². The Morgan fingerprint density at radius 1 is 1.56 bits per heavy atom. The SMILES string of the molecule is C#CCNCC(=O)Nc1cc(F)ccc1[N+](=O)[O-]. The number of rotatable bonds is 5. The maximum Gasteiger partial charge on any atom is 0.292 e. The van der Waals surface area contributed by atoms with Crippen LogP contribution >= 0.6 is 0 Å². The number of carbonyl (C=O) groups excluding carboxylic acids is 1. The van der Waals surface area contributed by atoms with E-state index < -0.39 is 16.6 Å². The van der Waals surface area contributed by atoms with Crippen molar-refractivity contribution in [3.8, 4) is 12.3 Å². The van der Waals surface area contributed by atoms with E-state index in [2.05, 4.69) is 16.6 Å². The highest BCUT2D eigenvalue weighted by atomic mass is 19.1. The van der Waals surface area contributed by atoms with Crippen molar-refractivity contribution in [2.75, 3.05) is 18.4 Å². The Labute approximate surface area is 102 Å². The minimum atomic E-state index is -0.704. The fourth-order valence-corrected chi connectivity index (χ4v) is 1.21. The number of nitrogens with zero attached hydrogens (tertiary/aromatic N) is 1. The molecule has 0 atom stereocenters. The lowest BCUT2D eigenvalue weighted by Gasteiger charge is -2.06. The number of nitro benzene ring substituents is 1. The van der Waals surface area contributed by atoms with Gasteiger partial charge in [-0.2, -0.15) is 0 Å². The molecule has 2 N–H and O–H groups in total. The lowest BCUT2D eigenvalue weighted by atomic mass is 10.2. The Balaban J connectivity index is 2.77. The second kappa shape index (κ2) is 6.32. The summed E-state index contributed by atoms with van der Waals surface area (Å²) in [5.74, 6) is 1.05. The molecule has 6 nitrogen and oxygen atoms in total. The van der Waals surface area contributed by atoms with Crippen LogP contribution in [0.25, 0.3) is 0 Å². The molecule has 0 heterocycles. The molecule has 1 aromatic rings. The fraction of sp³-hybridized carbons (Fsp3) is 0.182. The fourth-order valence-electron chi connectivity index (χ4n) is 1.21. The first-order valence-electron chi connectivity index (χ1n) is 4.92. The summed E-state index contributed by atoms with van der Waals surface area (Å²) in [6.07, 6.45) is 4.97. The van der Waals surface area contributed by atoms with Gasteiger partial charge in [0.05, 0.1) is 18.0 Å². The van der Waals surface area contributed by atoms with Gasteiger partial charge in [-0.1, -0.05) is 5.92 Å². The number of carbonyl (C=O) groups is 1. The summed E-state index contributed by atoms with van der Waals surface area (Å²) in [5, 5.41) is 15.5. The van der Waals surface area contributed by atoms with Gasteiger partial charge in [0.15, 0.2) is 0 Å². The van der Waals surface area contributed by atoms with E-state index in [1.807, 2.05) is 0 Å². The number of halogens is 1. The van der Waals surface area contributed by atoms with Crippen LogP contribution in [-0.4, -0.2) is 23.9 Å². The zero-order valence-corrected chi connectivity index (χ0v) is 9.27. The first kappa shape index (κ1) is 13.6. The Morgan fingerprint density at radius 3 is 2.89 bits per heavy atom. The molecule has 1 amide bonds. The van der Waals surface area contributed by atoms with Crippen LogP contribution in [0.2, 0.25) is 0 Å². The highest BCUT2D eigenvalue weighted by molar-refractivity contribution is 5.94. The summed E-state index contributed by atoms with van der Waals surface area (Å²) in [4.78, 5) is 21.3. The molecular formula is C11H10FN3O3. The van der Waals surface area contributed by atoms with Crippen LogP contribution in [0.15, 0.2) is 18.2 Å². The monoisotopic (exact) mass is 251 g/mol. The van der Waals surface area contributed by atoms with E-state index in [0.29, 0.717) is 0 Å². The number of benzene rings is 1. The van der Waals surface area contributed by atoms with Gasteiger partial charge in [0.1, 0.15) is 11.5 Å². The van der Waals surface area contributed by atoms with Gasteiger partial charge in [-0.25, -0.2) is 4.39 Å². The van der Waals surface area contributed by atoms with Gasteiger partial charge in [-0.05, 0) is 6.07 Å². The Bertz CT molecular complexity index is 511. The Hall–Kier alpha value is -2.46. The topological polar surface area (TPSA) is 84.3 Å². The van der Waals surface area contributed by atoms with E-state index in [1.54, 1.807) is 0 Å². The minimum absolute atomic E-state index is 0.113. The zero-order valence-electron chi connectivity index (χ0n) is 9.27. The molecule has 0 aromatic heterocycles. The normalized spacial score (nSPS) is 9.56. The van der Waals surface area contributed by atoms with E-state index >= 15 is 0 Å². The Morgan fingerprint density at radius 2 is 2.28 bits per heavy atom. The molecule has 1 aromatic carbocycles. The predicted octanol–water partition coefficient (Wildman–Crippen LogP) is 0.895. The highest BCUT2D eigenvalue weighted by Gasteiger charge is 2.16. The van der Waals surface area contributed by atoms with E-state index in [4.69, 9.17) is 6.42 Å². The molecular weight excluding hydrogens is 241 g/mol. The average Bonchev–Trinajstić information content (AvgIpc) is 2.29. The van der Waals surface area contributed by atoms with Crippen molar-refractivity contribution in [1.29, 1.82) is 0 Å². The van der Waals surface area contributed by atoms with Gasteiger partial charge in [0.25, 0.3) is 5.69 Å². The van der Waals surface area contributed by atoms with Crippen LogP contribution in [0.5, 0.6) is 0 Å². The third kappa shape index (κ3) is 3.84. The first-order chi connectivity index (χ1) is 8.54. The molecule has 94 valence electrons. The number of terminal acetylenes is 1. The standard InChI is InChI=1S/C11H10FN3O3/c1-2-5-13-7-11(16)14-9-6-8(12)3-4-10(9)15(17)18/h1,3-4,6,13H,5,7H2,(H,14,16). The molecule has 0 bridgehead atoms. The number of amides is 1. The summed E-state index contributed by atoms with van der Waals surface area (Å²) in [7, 11) is 0. The zero-order chi connectivity index (χ0) is 13.5. The number of nitrogens with one attached hydrogen (secondary N) is 2. The third-order valence-electron chi connectivity index (χ3n) is 1.94. The molecule has 0 saturated heterocycles. The van der Waals surface area contributed by atoms with Crippen LogP contribution in [-0.2, 0) is 4.79 Å². The summed E-state index contributed by atoms with van der Waals surface area (Å²) in [6, 6.07) is 2.82. The van der Waals surface area contributed by atoms with E-state index in [1.165, 1.54) is 0 Å². The molecule has 0 fully saturated rings. The molecule has 0 aliphatic carbocycles. The van der Waals surface area contributed by atoms with E-state index in [-0.39, 0.29) is 24.5 Å². The van der Waals surface area contributed by atoms with Gasteiger partial charge >= 0.3 is 0 Å². The summed E-state index contributed by atoms with van der Waals surface area (Å²) < 4.78 is 13.0. The number of hydrogen-bond acceptors (Lipinski definition) is 4. The number of hydrogen-bond donors (Lipinski definition) is 2.